The minimum atomic E-state index is -1.11. The van der Waals surface area contributed by atoms with Gasteiger partial charge in [0.1, 0.15) is 10.4 Å². The number of hydrogen-bond donors (Lipinski definition) is 2. The second-order valence-corrected chi connectivity index (χ2v) is 8.70. The molecule has 2 aromatic carbocycles. The molecule has 8 heteroatoms. The Morgan fingerprint density at radius 1 is 1.09 bits per heavy atom. The fourth-order valence-electron chi connectivity index (χ4n) is 3.05. The molecule has 2 aromatic rings. The second kappa shape index (κ2) is 11.4. The number of nitrogens with zero attached hydrogens (tertiary/aromatic N) is 1. The van der Waals surface area contributed by atoms with E-state index in [4.69, 9.17) is 12.2 Å². The van der Waals surface area contributed by atoms with Crippen LogP contribution >= 0.6 is 24.0 Å². The number of carbonyl (C=O) groups is 3. The maximum atomic E-state index is 12.6. The van der Waals surface area contributed by atoms with Gasteiger partial charge in [0.15, 0.2) is 0 Å². The van der Waals surface area contributed by atoms with Crippen LogP contribution in [-0.2, 0) is 20.8 Å². The molecule has 3 rings (SSSR count). The van der Waals surface area contributed by atoms with Gasteiger partial charge >= 0.3 is 5.97 Å². The van der Waals surface area contributed by atoms with Crippen LogP contribution in [0.4, 0.5) is 0 Å². The van der Waals surface area contributed by atoms with E-state index in [2.05, 4.69) is 5.32 Å². The number of amides is 2. The third kappa shape index (κ3) is 6.63. The van der Waals surface area contributed by atoms with E-state index in [-0.39, 0.29) is 25.3 Å². The molecule has 0 aromatic heterocycles. The van der Waals surface area contributed by atoms with Gasteiger partial charge in [0.25, 0.3) is 5.91 Å². The van der Waals surface area contributed by atoms with Crippen LogP contribution in [0.2, 0.25) is 0 Å². The van der Waals surface area contributed by atoms with E-state index in [1.165, 1.54) is 16.7 Å². The first-order valence-electron chi connectivity index (χ1n) is 9.97. The Labute approximate surface area is 196 Å². The average Bonchev–Trinajstić information content (AvgIpc) is 3.05. The number of rotatable bonds is 9. The maximum Gasteiger partial charge on any atom is 0.326 e. The monoisotopic (exact) mass is 466 g/mol. The number of carboxylic acids is 1. The number of thioether (sulfide) groups is 1. The highest BCUT2D eigenvalue weighted by Gasteiger charge is 2.32. The van der Waals surface area contributed by atoms with Gasteiger partial charge in [0, 0.05) is 19.4 Å². The smallest absolute Gasteiger partial charge is 0.326 e. The van der Waals surface area contributed by atoms with Crippen LogP contribution < -0.4 is 5.32 Å². The lowest BCUT2D eigenvalue weighted by Gasteiger charge is -2.17. The molecule has 0 bridgehead atoms. The minimum absolute atomic E-state index is 0.0435. The number of carboxylic acid groups (broad SMARTS) is 1. The Balaban J connectivity index is 1.54. The molecule has 1 heterocycles. The van der Waals surface area contributed by atoms with Crippen molar-refractivity contribution in [3.63, 3.8) is 0 Å². The zero-order chi connectivity index (χ0) is 22.9. The minimum Gasteiger partial charge on any atom is -0.480 e. The van der Waals surface area contributed by atoms with Crippen molar-refractivity contribution in [3.05, 3.63) is 88.8 Å². The van der Waals surface area contributed by atoms with Crippen molar-refractivity contribution in [2.45, 2.75) is 18.9 Å². The van der Waals surface area contributed by atoms with Crippen molar-refractivity contribution in [2.24, 2.45) is 0 Å². The zero-order valence-electron chi connectivity index (χ0n) is 17.1. The van der Waals surface area contributed by atoms with Gasteiger partial charge in [-0.25, -0.2) is 4.79 Å². The molecule has 1 saturated heterocycles. The molecule has 2 N–H and O–H groups in total. The Morgan fingerprint density at radius 2 is 1.75 bits per heavy atom. The summed E-state index contributed by atoms with van der Waals surface area (Å²) >= 11 is 6.46. The molecule has 1 atom stereocenters. The Kier molecular flexibility index (Phi) is 8.35. The summed E-state index contributed by atoms with van der Waals surface area (Å²) in [6, 6.07) is 17.7. The van der Waals surface area contributed by atoms with E-state index in [0.29, 0.717) is 9.23 Å². The van der Waals surface area contributed by atoms with Crippen LogP contribution in [0.3, 0.4) is 0 Å². The molecule has 0 spiro atoms. The van der Waals surface area contributed by atoms with Crippen molar-refractivity contribution >= 4 is 52.2 Å². The van der Waals surface area contributed by atoms with Gasteiger partial charge in [0.2, 0.25) is 5.91 Å². The molecule has 1 unspecified atom stereocenters. The number of allylic oxidation sites excluding steroid dienone is 2. The summed E-state index contributed by atoms with van der Waals surface area (Å²) < 4.78 is 0.376. The third-order valence-electron chi connectivity index (χ3n) is 4.69. The van der Waals surface area contributed by atoms with Gasteiger partial charge in [0.05, 0.1) is 4.91 Å². The highest BCUT2D eigenvalue weighted by atomic mass is 32.2. The zero-order valence-corrected chi connectivity index (χ0v) is 18.8. The van der Waals surface area contributed by atoms with Gasteiger partial charge in [-0.1, -0.05) is 96.8 Å². The number of aliphatic carboxylic acids is 1. The van der Waals surface area contributed by atoms with Crippen LogP contribution in [0.15, 0.2) is 77.7 Å². The molecule has 0 radical (unpaired) electrons. The molecule has 1 aliphatic rings. The van der Waals surface area contributed by atoms with E-state index in [1.54, 1.807) is 24.3 Å². The number of benzene rings is 2. The third-order valence-corrected chi connectivity index (χ3v) is 6.08. The first-order chi connectivity index (χ1) is 15.4. The van der Waals surface area contributed by atoms with Gasteiger partial charge in [-0.05, 0) is 17.2 Å². The Bertz CT molecular complexity index is 1050. The molecule has 32 heavy (non-hydrogen) atoms. The molecule has 0 saturated carbocycles. The molecular weight excluding hydrogens is 444 g/mol. The van der Waals surface area contributed by atoms with E-state index in [0.717, 1.165) is 11.1 Å². The lowest BCUT2D eigenvalue weighted by atomic mass is 10.1. The fourth-order valence-corrected chi connectivity index (χ4v) is 4.31. The van der Waals surface area contributed by atoms with Gasteiger partial charge < -0.3 is 10.4 Å². The summed E-state index contributed by atoms with van der Waals surface area (Å²) in [7, 11) is 0. The lowest BCUT2D eigenvalue weighted by molar-refractivity contribution is -0.141. The topological polar surface area (TPSA) is 86.7 Å². The summed E-state index contributed by atoms with van der Waals surface area (Å²) in [5.74, 6) is -1.82. The summed E-state index contributed by atoms with van der Waals surface area (Å²) in [6.07, 6.45) is 5.51. The van der Waals surface area contributed by atoms with Crippen LogP contribution in [0.5, 0.6) is 0 Å². The van der Waals surface area contributed by atoms with Crippen molar-refractivity contribution in [1.82, 2.24) is 10.2 Å². The van der Waals surface area contributed by atoms with E-state index >= 15 is 0 Å². The number of thiocarbonyl (C=S) groups is 1. The van der Waals surface area contributed by atoms with E-state index < -0.39 is 17.9 Å². The number of hydrogen-bond acceptors (Lipinski definition) is 5. The molecule has 6 nitrogen and oxygen atoms in total. The van der Waals surface area contributed by atoms with Crippen LogP contribution in [0, 0.1) is 0 Å². The number of carbonyl (C=O) groups excluding carboxylic acids is 2. The van der Waals surface area contributed by atoms with E-state index in [1.807, 2.05) is 54.6 Å². The van der Waals surface area contributed by atoms with Crippen LogP contribution in [0.25, 0.3) is 6.08 Å². The highest BCUT2D eigenvalue weighted by Crippen LogP contribution is 2.31. The molecule has 164 valence electrons. The second-order valence-electron chi connectivity index (χ2n) is 7.02. The molecule has 1 fully saturated rings. The fraction of sp³-hybridized carbons (Fsp3) is 0.167. The lowest BCUT2D eigenvalue weighted by Crippen LogP contribution is -2.43. The summed E-state index contributed by atoms with van der Waals surface area (Å²) in [5, 5.41) is 12.0. The summed E-state index contributed by atoms with van der Waals surface area (Å²) in [5.41, 5.74) is 1.82. The van der Waals surface area contributed by atoms with Crippen LogP contribution in [-0.4, -0.2) is 44.7 Å². The molecule has 1 aliphatic heterocycles. The number of nitrogens with one attached hydrogen (secondary N) is 1. The molecule has 0 aliphatic carbocycles. The maximum absolute atomic E-state index is 12.6. The normalized spacial score (nSPS) is 16.0. The van der Waals surface area contributed by atoms with Crippen molar-refractivity contribution in [1.29, 1.82) is 0 Å². The summed E-state index contributed by atoms with van der Waals surface area (Å²) in [6.45, 7) is 0.0912. The first kappa shape index (κ1) is 23.4. The average molecular weight is 467 g/mol. The largest absolute Gasteiger partial charge is 0.480 e. The predicted octanol–water partition coefficient (Wildman–Crippen LogP) is 3.65. The van der Waals surface area contributed by atoms with E-state index in [9.17, 15) is 19.5 Å². The SMILES string of the molecule is O=C(CCN1C(=O)/C(=C\C=C/c2ccccc2)SC1=S)NC(Cc1ccccc1)C(=O)O. The van der Waals surface area contributed by atoms with Gasteiger partial charge in [-0.15, -0.1) is 0 Å². The standard InChI is InChI=1S/C24H22N2O4S2/c27-21(25-19(23(29)30)16-18-10-5-2-6-11-18)14-15-26-22(28)20(32-24(26)31)13-7-12-17-8-3-1-4-9-17/h1-13,19H,14-16H2,(H,25,27)(H,29,30)/b12-7-,20-13+. The van der Waals surface area contributed by atoms with Crippen LogP contribution in [0.1, 0.15) is 17.5 Å². The molecular formula is C24H22N2O4S2. The quantitative estimate of drug-likeness (QED) is 0.433. The first-order valence-corrected chi connectivity index (χ1v) is 11.2. The predicted molar refractivity (Wildman–Crippen MR) is 130 cm³/mol. The van der Waals surface area contributed by atoms with Gasteiger partial charge in [-0.3, -0.25) is 14.5 Å². The van der Waals surface area contributed by atoms with Crippen molar-refractivity contribution in [3.8, 4) is 0 Å². The van der Waals surface area contributed by atoms with Gasteiger partial charge in [-0.2, -0.15) is 0 Å². The Hall–Kier alpha value is -3.23. The molecule has 2 amide bonds. The Morgan fingerprint density at radius 3 is 2.41 bits per heavy atom. The summed E-state index contributed by atoms with van der Waals surface area (Å²) in [4.78, 5) is 38.4. The highest BCUT2D eigenvalue weighted by molar-refractivity contribution is 8.26. The van der Waals surface area contributed by atoms with Crippen molar-refractivity contribution in [2.75, 3.05) is 6.54 Å². The van der Waals surface area contributed by atoms with Crippen molar-refractivity contribution < 1.29 is 19.5 Å².